The molecule has 0 bridgehead atoms. The van der Waals surface area contributed by atoms with Gasteiger partial charge in [0.15, 0.2) is 0 Å². The van der Waals surface area contributed by atoms with E-state index < -0.39 is 0 Å². The topological polar surface area (TPSA) is 21.3 Å². The standard InChI is InChI=1S/C15H27NOS/c1-15(2)13(10-6-5-9-17-14(10)15)16-11-7-4-8-12(11)18-3/h10-14,16H,4-9H2,1-3H3. The summed E-state index contributed by atoms with van der Waals surface area (Å²) >= 11 is 2.05. The van der Waals surface area contributed by atoms with Crippen molar-refractivity contribution < 1.29 is 4.74 Å². The fourth-order valence-corrected chi connectivity index (χ4v) is 5.44. The zero-order chi connectivity index (χ0) is 12.8. The number of thioether (sulfide) groups is 1. The number of rotatable bonds is 3. The van der Waals surface area contributed by atoms with Gasteiger partial charge >= 0.3 is 0 Å². The molecule has 0 radical (unpaired) electrons. The van der Waals surface area contributed by atoms with E-state index in [1.54, 1.807) is 0 Å². The zero-order valence-electron chi connectivity index (χ0n) is 11.9. The molecular weight excluding hydrogens is 242 g/mol. The Kier molecular flexibility index (Phi) is 3.68. The highest BCUT2D eigenvalue weighted by atomic mass is 32.2. The molecule has 2 nitrogen and oxygen atoms in total. The Morgan fingerprint density at radius 1 is 1.17 bits per heavy atom. The Labute approximate surface area is 116 Å². The Balaban J connectivity index is 1.65. The van der Waals surface area contributed by atoms with Crippen LogP contribution in [0.1, 0.15) is 46.0 Å². The third-order valence-corrected chi connectivity index (χ3v) is 6.65. The van der Waals surface area contributed by atoms with E-state index >= 15 is 0 Å². The largest absolute Gasteiger partial charge is 0.377 e. The minimum atomic E-state index is 0.330. The van der Waals surface area contributed by atoms with E-state index in [2.05, 4.69) is 37.2 Å². The predicted molar refractivity (Wildman–Crippen MR) is 78.1 cm³/mol. The van der Waals surface area contributed by atoms with E-state index in [0.717, 1.165) is 23.8 Å². The van der Waals surface area contributed by atoms with E-state index in [0.29, 0.717) is 17.6 Å². The number of ether oxygens (including phenoxy) is 1. The van der Waals surface area contributed by atoms with Crippen LogP contribution in [0.5, 0.6) is 0 Å². The van der Waals surface area contributed by atoms with Crippen LogP contribution in [0.4, 0.5) is 0 Å². The molecule has 0 amide bonds. The van der Waals surface area contributed by atoms with Crippen molar-refractivity contribution in [3.8, 4) is 0 Å². The third-order valence-electron chi connectivity index (χ3n) is 5.48. The lowest BCUT2D eigenvalue weighted by molar-refractivity contribution is -0.194. The molecule has 3 fully saturated rings. The van der Waals surface area contributed by atoms with Crippen molar-refractivity contribution in [3.63, 3.8) is 0 Å². The van der Waals surface area contributed by atoms with Crippen LogP contribution in [0.15, 0.2) is 0 Å². The summed E-state index contributed by atoms with van der Waals surface area (Å²) in [4.78, 5) is 0. The fraction of sp³-hybridized carbons (Fsp3) is 1.00. The maximum atomic E-state index is 5.99. The molecule has 3 rings (SSSR count). The number of hydrogen-bond donors (Lipinski definition) is 1. The normalized spacial score (nSPS) is 46.5. The minimum absolute atomic E-state index is 0.330. The number of nitrogens with one attached hydrogen (secondary N) is 1. The van der Waals surface area contributed by atoms with Crippen molar-refractivity contribution in [2.75, 3.05) is 12.9 Å². The van der Waals surface area contributed by atoms with Gasteiger partial charge in [-0.2, -0.15) is 11.8 Å². The van der Waals surface area contributed by atoms with Crippen molar-refractivity contribution in [1.82, 2.24) is 5.32 Å². The lowest BCUT2D eigenvalue weighted by Gasteiger charge is -2.61. The highest BCUT2D eigenvalue weighted by Gasteiger charge is 2.58. The second kappa shape index (κ2) is 4.99. The van der Waals surface area contributed by atoms with E-state index in [-0.39, 0.29) is 0 Å². The Bertz CT molecular complexity index is 307. The summed E-state index contributed by atoms with van der Waals surface area (Å²) in [5, 5.41) is 4.84. The molecule has 104 valence electrons. The van der Waals surface area contributed by atoms with Crippen LogP contribution in [0.3, 0.4) is 0 Å². The maximum Gasteiger partial charge on any atom is 0.0684 e. The van der Waals surface area contributed by atoms with Crippen molar-refractivity contribution in [1.29, 1.82) is 0 Å². The molecule has 3 heteroatoms. The fourth-order valence-electron chi connectivity index (χ4n) is 4.49. The number of fused-ring (bicyclic) bond motifs is 1. The number of hydrogen-bond acceptors (Lipinski definition) is 3. The lowest BCUT2D eigenvalue weighted by atomic mass is 9.55. The van der Waals surface area contributed by atoms with E-state index in [1.165, 1.54) is 32.1 Å². The summed E-state index contributed by atoms with van der Waals surface area (Å²) in [6.45, 7) is 5.76. The molecule has 5 unspecified atom stereocenters. The molecule has 1 heterocycles. The van der Waals surface area contributed by atoms with Crippen LogP contribution in [-0.2, 0) is 4.74 Å². The maximum absolute atomic E-state index is 5.99. The summed E-state index contributed by atoms with van der Waals surface area (Å²) in [5.41, 5.74) is 0.330. The molecular formula is C15H27NOS. The highest BCUT2D eigenvalue weighted by molar-refractivity contribution is 7.99. The van der Waals surface area contributed by atoms with Gasteiger partial charge in [-0.3, -0.25) is 0 Å². The summed E-state index contributed by atoms with van der Waals surface area (Å²) in [6.07, 6.45) is 9.57. The van der Waals surface area contributed by atoms with Crippen molar-refractivity contribution in [2.45, 2.75) is 69.4 Å². The summed E-state index contributed by atoms with van der Waals surface area (Å²) < 4.78 is 5.99. The van der Waals surface area contributed by atoms with Gasteiger partial charge in [0.05, 0.1) is 6.10 Å². The van der Waals surface area contributed by atoms with Gasteiger partial charge in [0.1, 0.15) is 0 Å². The molecule has 1 aliphatic heterocycles. The monoisotopic (exact) mass is 269 g/mol. The average molecular weight is 269 g/mol. The summed E-state index contributed by atoms with van der Waals surface area (Å²) in [5.74, 6) is 0.775. The summed E-state index contributed by atoms with van der Waals surface area (Å²) in [7, 11) is 0. The molecule has 18 heavy (non-hydrogen) atoms. The molecule has 0 aromatic rings. The Hall–Kier alpha value is 0.270. The van der Waals surface area contributed by atoms with Crippen molar-refractivity contribution in [3.05, 3.63) is 0 Å². The van der Waals surface area contributed by atoms with Gasteiger partial charge < -0.3 is 10.1 Å². The van der Waals surface area contributed by atoms with Crippen molar-refractivity contribution in [2.24, 2.45) is 11.3 Å². The molecule has 3 aliphatic rings. The van der Waals surface area contributed by atoms with Crippen molar-refractivity contribution >= 4 is 11.8 Å². The van der Waals surface area contributed by atoms with E-state index in [4.69, 9.17) is 4.74 Å². The molecule has 0 aromatic carbocycles. The van der Waals surface area contributed by atoms with Gasteiger partial charge in [-0.15, -0.1) is 0 Å². The van der Waals surface area contributed by atoms with Crippen LogP contribution < -0.4 is 5.32 Å². The third kappa shape index (κ3) is 2.03. The zero-order valence-corrected chi connectivity index (χ0v) is 12.8. The first-order chi connectivity index (χ1) is 8.64. The Morgan fingerprint density at radius 2 is 2.00 bits per heavy atom. The summed E-state index contributed by atoms with van der Waals surface area (Å²) in [6, 6.07) is 1.42. The molecule has 0 aromatic heterocycles. The molecule has 1 saturated heterocycles. The first kappa shape index (κ1) is 13.3. The van der Waals surface area contributed by atoms with Gasteiger partial charge in [0.2, 0.25) is 0 Å². The molecule has 2 saturated carbocycles. The van der Waals surface area contributed by atoms with E-state index in [9.17, 15) is 0 Å². The van der Waals surface area contributed by atoms with Crippen LogP contribution in [0.25, 0.3) is 0 Å². The smallest absolute Gasteiger partial charge is 0.0684 e. The highest BCUT2D eigenvalue weighted by Crippen LogP contribution is 2.52. The van der Waals surface area contributed by atoms with E-state index in [1.807, 2.05) is 0 Å². The minimum Gasteiger partial charge on any atom is -0.377 e. The van der Waals surface area contributed by atoms with Gasteiger partial charge in [-0.1, -0.05) is 20.3 Å². The first-order valence-corrected chi connectivity index (χ1v) is 8.84. The van der Waals surface area contributed by atoms with Crippen LogP contribution in [0.2, 0.25) is 0 Å². The SMILES string of the molecule is CSC1CCCC1NC1C2CCCOC2C1(C)C. The van der Waals surface area contributed by atoms with Crippen LogP contribution >= 0.6 is 11.8 Å². The predicted octanol–water partition coefficient (Wildman–Crippen LogP) is 3.06. The van der Waals surface area contributed by atoms with Crippen LogP contribution in [0, 0.1) is 11.3 Å². The molecule has 1 N–H and O–H groups in total. The second-order valence-corrected chi connectivity index (χ2v) is 7.95. The van der Waals surface area contributed by atoms with Crippen LogP contribution in [-0.4, -0.2) is 36.3 Å². The first-order valence-electron chi connectivity index (χ1n) is 7.55. The van der Waals surface area contributed by atoms with Gasteiger partial charge in [-0.25, -0.2) is 0 Å². The second-order valence-electron chi connectivity index (χ2n) is 6.87. The quantitative estimate of drug-likeness (QED) is 0.851. The molecule has 2 aliphatic carbocycles. The Morgan fingerprint density at radius 3 is 2.78 bits per heavy atom. The lowest BCUT2D eigenvalue weighted by Crippen LogP contribution is -2.70. The average Bonchev–Trinajstić information content (AvgIpc) is 2.83. The van der Waals surface area contributed by atoms with Gasteiger partial charge in [-0.05, 0) is 31.9 Å². The molecule has 5 atom stereocenters. The van der Waals surface area contributed by atoms with Gasteiger partial charge in [0, 0.05) is 35.3 Å². The van der Waals surface area contributed by atoms with Gasteiger partial charge in [0.25, 0.3) is 0 Å². The molecule has 0 spiro atoms.